The zero-order valence-electron chi connectivity index (χ0n) is 8.67. The first-order valence-electron chi connectivity index (χ1n) is 4.22. The number of nitrogen functional groups attached to an aromatic ring is 1. The van der Waals surface area contributed by atoms with E-state index in [0.29, 0.717) is 11.1 Å². The first-order valence-corrected chi connectivity index (χ1v) is 5.63. The Labute approximate surface area is 115 Å². The van der Waals surface area contributed by atoms with Crippen molar-refractivity contribution in [3.63, 3.8) is 0 Å². The molecule has 0 fully saturated rings. The fraction of sp³-hybridized carbons (Fsp3) is 0. The molecule has 2 aromatic carbocycles. The van der Waals surface area contributed by atoms with Gasteiger partial charge < -0.3 is 10.3 Å². The molecular formula is C10H8NNaO3S. The van der Waals surface area contributed by atoms with E-state index in [2.05, 4.69) is 0 Å². The molecule has 0 aliphatic carbocycles. The molecule has 0 aliphatic rings. The van der Waals surface area contributed by atoms with Crippen LogP contribution in [0, 0.1) is 0 Å². The standard InChI is InChI=1S/C10H9NO3S.Na/c11-9-3-1-7-2-4-10(15(12,13)14)6-8(7)5-9;/h1-6H,11H2,(H,12,13,14);/q;+1/p-1. The van der Waals surface area contributed by atoms with E-state index < -0.39 is 10.1 Å². The third kappa shape index (κ3) is 2.75. The van der Waals surface area contributed by atoms with E-state index in [-0.39, 0.29) is 34.5 Å². The van der Waals surface area contributed by atoms with Gasteiger partial charge in [0.15, 0.2) is 0 Å². The minimum Gasteiger partial charge on any atom is -0.744 e. The van der Waals surface area contributed by atoms with Gasteiger partial charge in [0.05, 0.1) is 4.90 Å². The SMILES string of the molecule is Nc1ccc2ccc(S(=O)(=O)[O-])cc2c1.[Na+]. The average Bonchev–Trinajstić information content (AvgIpc) is 2.15. The van der Waals surface area contributed by atoms with Crippen LogP contribution in [0.4, 0.5) is 5.69 Å². The summed E-state index contributed by atoms with van der Waals surface area (Å²) in [6.07, 6.45) is 0. The van der Waals surface area contributed by atoms with Gasteiger partial charge in [-0.25, -0.2) is 8.42 Å². The third-order valence-electron chi connectivity index (χ3n) is 2.12. The molecule has 4 nitrogen and oxygen atoms in total. The van der Waals surface area contributed by atoms with Gasteiger partial charge in [0.2, 0.25) is 0 Å². The molecule has 2 rings (SSSR count). The molecule has 0 unspecified atom stereocenters. The van der Waals surface area contributed by atoms with E-state index in [1.54, 1.807) is 24.3 Å². The van der Waals surface area contributed by atoms with E-state index in [1.165, 1.54) is 12.1 Å². The second-order valence-electron chi connectivity index (χ2n) is 3.22. The number of benzene rings is 2. The van der Waals surface area contributed by atoms with Crippen molar-refractivity contribution in [3.8, 4) is 0 Å². The van der Waals surface area contributed by atoms with Crippen molar-refractivity contribution >= 4 is 26.6 Å². The van der Waals surface area contributed by atoms with Crippen molar-refractivity contribution in [2.75, 3.05) is 5.73 Å². The zero-order chi connectivity index (χ0) is 11.1. The van der Waals surface area contributed by atoms with Crippen LogP contribution < -0.4 is 35.3 Å². The number of nitrogens with two attached hydrogens (primary N) is 1. The second-order valence-corrected chi connectivity index (χ2v) is 4.60. The maximum absolute atomic E-state index is 10.8. The van der Waals surface area contributed by atoms with Crippen LogP contribution in [0.2, 0.25) is 0 Å². The smallest absolute Gasteiger partial charge is 0.744 e. The Morgan fingerprint density at radius 2 is 1.62 bits per heavy atom. The van der Waals surface area contributed by atoms with Gasteiger partial charge in [0, 0.05) is 5.69 Å². The summed E-state index contributed by atoms with van der Waals surface area (Å²) in [4.78, 5) is -0.236. The summed E-state index contributed by atoms with van der Waals surface area (Å²) in [5.74, 6) is 0. The minimum absolute atomic E-state index is 0. The Morgan fingerprint density at radius 1 is 1.00 bits per heavy atom. The van der Waals surface area contributed by atoms with Gasteiger partial charge in [0.25, 0.3) is 0 Å². The molecule has 0 radical (unpaired) electrons. The van der Waals surface area contributed by atoms with Crippen molar-refractivity contribution in [2.45, 2.75) is 4.90 Å². The summed E-state index contributed by atoms with van der Waals surface area (Å²) in [6, 6.07) is 9.32. The first kappa shape index (κ1) is 13.5. The molecule has 6 heteroatoms. The molecule has 0 aromatic heterocycles. The number of hydrogen-bond acceptors (Lipinski definition) is 4. The quantitative estimate of drug-likeness (QED) is 0.370. The van der Waals surface area contributed by atoms with E-state index in [9.17, 15) is 13.0 Å². The number of rotatable bonds is 1. The maximum atomic E-state index is 10.8. The molecule has 0 saturated carbocycles. The predicted octanol–water partition coefficient (Wildman–Crippen LogP) is -1.67. The summed E-state index contributed by atoms with van der Waals surface area (Å²) in [7, 11) is -4.40. The van der Waals surface area contributed by atoms with E-state index in [0.717, 1.165) is 5.39 Å². The topological polar surface area (TPSA) is 83.2 Å². The summed E-state index contributed by atoms with van der Waals surface area (Å²) in [5, 5.41) is 1.49. The molecule has 2 N–H and O–H groups in total. The monoisotopic (exact) mass is 245 g/mol. The van der Waals surface area contributed by atoms with Crippen LogP contribution in [0.3, 0.4) is 0 Å². The predicted molar refractivity (Wildman–Crippen MR) is 56.3 cm³/mol. The molecule has 0 spiro atoms. The molecule has 78 valence electrons. The van der Waals surface area contributed by atoms with Gasteiger partial charge in [-0.2, -0.15) is 0 Å². The third-order valence-corrected chi connectivity index (χ3v) is 2.96. The minimum atomic E-state index is -4.40. The molecule has 0 aliphatic heterocycles. The van der Waals surface area contributed by atoms with Gasteiger partial charge in [0.1, 0.15) is 10.1 Å². The van der Waals surface area contributed by atoms with E-state index in [1.807, 2.05) is 0 Å². The van der Waals surface area contributed by atoms with E-state index in [4.69, 9.17) is 5.73 Å². The summed E-state index contributed by atoms with van der Waals surface area (Å²) in [6.45, 7) is 0. The van der Waals surface area contributed by atoms with Crippen molar-refractivity contribution in [3.05, 3.63) is 36.4 Å². The fourth-order valence-electron chi connectivity index (χ4n) is 1.40. The zero-order valence-corrected chi connectivity index (χ0v) is 11.5. The van der Waals surface area contributed by atoms with Crippen LogP contribution in [0.5, 0.6) is 0 Å². The normalized spacial score (nSPS) is 11.1. The summed E-state index contributed by atoms with van der Waals surface area (Å²) < 4.78 is 32.3. The molecular weight excluding hydrogens is 237 g/mol. The van der Waals surface area contributed by atoms with Crippen LogP contribution >= 0.6 is 0 Å². The molecule has 0 amide bonds. The largest absolute Gasteiger partial charge is 1.00 e. The van der Waals surface area contributed by atoms with Crippen LogP contribution in [0.15, 0.2) is 41.3 Å². The Kier molecular flexibility index (Phi) is 3.98. The van der Waals surface area contributed by atoms with Gasteiger partial charge in [-0.15, -0.1) is 0 Å². The Bertz CT molecular complexity index is 625. The second kappa shape index (κ2) is 4.73. The maximum Gasteiger partial charge on any atom is 1.00 e. The number of anilines is 1. The van der Waals surface area contributed by atoms with Crippen LogP contribution in [0.25, 0.3) is 10.8 Å². The molecule has 0 saturated heterocycles. The Morgan fingerprint density at radius 3 is 2.25 bits per heavy atom. The summed E-state index contributed by atoms with van der Waals surface area (Å²) in [5.41, 5.74) is 6.09. The first-order chi connectivity index (χ1) is 6.97. The summed E-state index contributed by atoms with van der Waals surface area (Å²) >= 11 is 0. The van der Waals surface area contributed by atoms with Crippen molar-refractivity contribution < 1.29 is 42.5 Å². The van der Waals surface area contributed by atoms with Gasteiger partial charge in [-0.3, -0.25) is 0 Å². The van der Waals surface area contributed by atoms with Crippen LogP contribution in [-0.2, 0) is 10.1 Å². The Hall–Kier alpha value is -0.590. The van der Waals surface area contributed by atoms with Crippen LogP contribution in [0.1, 0.15) is 0 Å². The molecule has 0 bridgehead atoms. The molecule has 0 heterocycles. The van der Waals surface area contributed by atoms with Crippen LogP contribution in [-0.4, -0.2) is 13.0 Å². The number of hydrogen-bond donors (Lipinski definition) is 1. The molecule has 2 aromatic rings. The van der Waals surface area contributed by atoms with Gasteiger partial charge >= 0.3 is 29.6 Å². The van der Waals surface area contributed by atoms with Gasteiger partial charge in [-0.1, -0.05) is 12.1 Å². The van der Waals surface area contributed by atoms with Crippen molar-refractivity contribution in [1.82, 2.24) is 0 Å². The number of fused-ring (bicyclic) bond motifs is 1. The van der Waals surface area contributed by atoms with E-state index >= 15 is 0 Å². The molecule has 0 atom stereocenters. The van der Waals surface area contributed by atoms with Crippen molar-refractivity contribution in [2.24, 2.45) is 0 Å². The average molecular weight is 245 g/mol. The molecule has 16 heavy (non-hydrogen) atoms. The fourth-order valence-corrected chi connectivity index (χ4v) is 1.90. The van der Waals surface area contributed by atoms with Crippen molar-refractivity contribution in [1.29, 1.82) is 0 Å². The van der Waals surface area contributed by atoms with Gasteiger partial charge in [-0.05, 0) is 35.0 Å². The Balaban J connectivity index is 0.00000128.